The first-order chi connectivity index (χ1) is 15.8. The quantitative estimate of drug-likeness (QED) is 0.538. The molecule has 1 aliphatic rings. The molecule has 4 rings (SSSR count). The minimum Gasteiger partial charge on any atom is -0.411 e. The molecule has 0 saturated carbocycles. The van der Waals surface area contributed by atoms with E-state index in [1.165, 1.54) is 11.8 Å². The molecule has 2 aromatic carbocycles. The predicted octanol–water partition coefficient (Wildman–Crippen LogP) is 4.27. The van der Waals surface area contributed by atoms with Crippen LogP contribution in [-0.4, -0.2) is 40.7 Å². The van der Waals surface area contributed by atoms with Gasteiger partial charge >= 0.3 is 0 Å². The monoisotopic (exact) mass is 486 g/mol. The molecule has 1 aromatic heterocycles. The van der Waals surface area contributed by atoms with Gasteiger partial charge in [0.2, 0.25) is 5.95 Å². The summed E-state index contributed by atoms with van der Waals surface area (Å²) in [6.07, 6.45) is 0.464. The standard InChI is InChI=1S/C24H24Cl2N4O3/c1-4-29(18-9-7-17(25)8-10-18)24-27-21-11-12-28(14-19(21)23(32)30(24)33-3)22(31)16-6-5-15(2)20(26)13-16/h5-10,13H,4,11-12,14H2,1-3H3. The summed E-state index contributed by atoms with van der Waals surface area (Å²) in [6, 6.07) is 12.5. The summed E-state index contributed by atoms with van der Waals surface area (Å²) in [5.41, 5.74) is 3.02. The maximum Gasteiger partial charge on any atom is 0.293 e. The number of rotatable bonds is 5. The van der Waals surface area contributed by atoms with E-state index in [0.29, 0.717) is 52.3 Å². The molecule has 2 heterocycles. The number of nitrogens with zero attached hydrogens (tertiary/aromatic N) is 4. The smallest absolute Gasteiger partial charge is 0.293 e. The molecule has 0 saturated heterocycles. The Balaban J connectivity index is 1.70. The van der Waals surface area contributed by atoms with Crippen LogP contribution < -0.4 is 15.3 Å². The Morgan fingerprint density at radius 2 is 1.91 bits per heavy atom. The van der Waals surface area contributed by atoms with Crippen molar-refractivity contribution in [3.05, 3.63) is 85.2 Å². The number of halogens is 2. The highest BCUT2D eigenvalue weighted by Gasteiger charge is 2.29. The average molecular weight is 487 g/mol. The molecule has 3 aromatic rings. The van der Waals surface area contributed by atoms with Crippen molar-refractivity contribution >= 4 is 40.7 Å². The molecule has 0 bridgehead atoms. The van der Waals surface area contributed by atoms with Gasteiger partial charge < -0.3 is 14.6 Å². The first-order valence-corrected chi connectivity index (χ1v) is 11.4. The van der Waals surface area contributed by atoms with Crippen LogP contribution in [0.15, 0.2) is 47.3 Å². The van der Waals surface area contributed by atoms with Gasteiger partial charge in [-0.2, -0.15) is 0 Å². The maximum absolute atomic E-state index is 13.4. The molecular weight excluding hydrogens is 463 g/mol. The van der Waals surface area contributed by atoms with Crippen LogP contribution in [-0.2, 0) is 13.0 Å². The van der Waals surface area contributed by atoms with Crippen molar-refractivity contribution in [3.8, 4) is 0 Å². The fourth-order valence-electron chi connectivity index (χ4n) is 3.92. The molecule has 1 aliphatic heterocycles. The lowest BCUT2D eigenvalue weighted by Gasteiger charge is -2.30. The summed E-state index contributed by atoms with van der Waals surface area (Å²) in [4.78, 5) is 40.2. The lowest BCUT2D eigenvalue weighted by Crippen LogP contribution is -2.43. The molecule has 9 heteroatoms. The normalized spacial score (nSPS) is 12.9. The molecule has 0 fully saturated rings. The third-order valence-electron chi connectivity index (χ3n) is 5.76. The number of carbonyl (C=O) groups is 1. The Kier molecular flexibility index (Phi) is 6.63. The second-order valence-electron chi connectivity index (χ2n) is 7.78. The van der Waals surface area contributed by atoms with Crippen molar-refractivity contribution < 1.29 is 9.63 Å². The Labute approximate surface area is 202 Å². The Hall–Kier alpha value is -3.03. The van der Waals surface area contributed by atoms with Gasteiger partial charge in [-0.25, -0.2) is 4.98 Å². The van der Waals surface area contributed by atoms with E-state index in [9.17, 15) is 9.59 Å². The van der Waals surface area contributed by atoms with E-state index in [2.05, 4.69) is 0 Å². The highest BCUT2D eigenvalue weighted by Crippen LogP contribution is 2.27. The summed E-state index contributed by atoms with van der Waals surface area (Å²) in [7, 11) is 1.43. The molecule has 0 aliphatic carbocycles. The zero-order valence-electron chi connectivity index (χ0n) is 18.6. The van der Waals surface area contributed by atoms with E-state index in [1.807, 2.05) is 36.9 Å². The van der Waals surface area contributed by atoms with Gasteiger partial charge in [0.15, 0.2) is 0 Å². The van der Waals surface area contributed by atoms with Crippen LogP contribution in [0.2, 0.25) is 10.0 Å². The molecule has 33 heavy (non-hydrogen) atoms. The van der Waals surface area contributed by atoms with Gasteiger partial charge in [-0.1, -0.05) is 29.3 Å². The zero-order chi connectivity index (χ0) is 23.7. The second kappa shape index (κ2) is 9.45. The first kappa shape index (κ1) is 23.1. The van der Waals surface area contributed by atoms with Crippen LogP contribution in [0, 0.1) is 6.92 Å². The number of hydrogen-bond donors (Lipinski definition) is 0. The van der Waals surface area contributed by atoms with Crippen molar-refractivity contribution in [2.45, 2.75) is 26.8 Å². The third-order valence-corrected chi connectivity index (χ3v) is 6.42. The fourth-order valence-corrected chi connectivity index (χ4v) is 4.23. The third kappa shape index (κ3) is 4.43. The molecule has 172 valence electrons. The van der Waals surface area contributed by atoms with E-state index in [1.54, 1.807) is 29.2 Å². The van der Waals surface area contributed by atoms with Crippen LogP contribution in [0.5, 0.6) is 0 Å². The predicted molar refractivity (Wildman–Crippen MR) is 130 cm³/mol. The second-order valence-corrected chi connectivity index (χ2v) is 8.62. The van der Waals surface area contributed by atoms with Crippen molar-refractivity contribution in [1.29, 1.82) is 0 Å². The highest BCUT2D eigenvalue weighted by molar-refractivity contribution is 6.31. The lowest BCUT2D eigenvalue weighted by molar-refractivity contribution is 0.0728. The van der Waals surface area contributed by atoms with E-state index >= 15 is 0 Å². The minimum absolute atomic E-state index is 0.155. The van der Waals surface area contributed by atoms with Gasteiger partial charge in [-0.05, 0) is 55.8 Å². The number of carbonyl (C=O) groups excluding carboxylic acids is 1. The minimum atomic E-state index is -0.329. The van der Waals surface area contributed by atoms with E-state index in [0.717, 1.165) is 11.3 Å². The van der Waals surface area contributed by atoms with Gasteiger partial charge in [0.1, 0.15) is 7.11 Å². The summed E-state index contributed by atoms with van der Waals surface area (Å²) < 4.78 is 1.17. The summed E-state index contributed by atoms with van der Waals surface area (Å²) in [5.74, 6) is 0.211. The largest absolute Gasteiger partial charge is 0.411 e. The van der Waals surface area contributed by atoms with E-state index < -0.39 is 0 Å². The van der Waals surface area contributed by atoms with Crippen LogP contribution in [0.3, 0.4) is 0 Å². The number of aromatic nitrogens is 2. The van der Waals surface area contributed by atoms with Gasteiger partial charge in [-0.3, -0.25) is 9.59 Å². The number of hydrogen-bond acceptors (Lipinski definition) is 5. The molecule has 0 atom stereocenters. The average Bonchev–Trinajstić information content (AvgIpc) is 2.82. The van der Waals surface area contributed by atoms with Crippen molar-refractivity contribution in [2.24, 2.45) is 0 Å². The van der Waals surface area contributed by atoms with Gasteiger partial charge in [0.25, 0.3) is 11.5 Å². The summed E-state index contributed by atoms with van der Waals surface area (Å²) in [5, 5.41) is 1.16. The fraction of sp³-hybridized carbons (Fsp3) is 0.292. The lowest BCUT2D eigenvalue weighted by atomic mass is 10.0. The number of fused-ring (bicyclic) bond motifs is 1. The van der Waals surface area contributed by atoms with Gasteiger partial charge in [0.05, 0.1) is 17.8 Å². The topological polar surface area (TPSA) is 67.7 Å². The number of anilines is 2. The molecule has 7 nitrogen and oxygen atoms in total. The van der Waals surface area contributed by atoms with E-state index in [-0.39, 0.29) is 18.0 Å². The molecule has 0 N–H and O–H groups in total. The van der Waals surface area contributed by atoms with Crippen molar-refractivity contribution in [3.63, 3.8) is 0 Å². The number of benzene rings is 2. The summed E-state index contributed by atoms with van der Waals surface area (Å²) >= 11 is 12.2. The Morgan fingerprint density at radius 1 is 1.18 bits per heavy atom. The maximum atomic E-state index is 13.4. The van der Waals surface area contributed by atoms with Crippen LogP contribution >= 0.6 is 23.2 Å². The van der Waals surface area contributed by atoms with Crippen LogP contribution in [0.1, 0.15) is 34.1 Å². The van der Waals surface area contributed by atoms with Crippen molar-refractivity contribution in [2.75, 3.05) is 25.1 Å². The number of amides is 1. The van der Waals surface area contributed by atoms with Crippen LogP contribution in [0.4, 0.5) is 11.6 Å². The highest BCUT2D eigenvalue weighted by atomic mass is 35.5. The molecular formula is C24H24Cl2N4O3. The molecule has 0 spiro atoms. The number of aryl methyl sites for hydroxylation is 1. The summed E-state index contributed by atoms with van der Waals surface area (Å²) in [6.45, 7) is 5.02. The SMILES string of the molecule is CCN(c1ccc(Cl)cc1)c1nc2c(c(=O)n1OC)CN(C(=O)c1ccc(C)c(Cl)c1)CC2. The molecule has 1 amide bonds. The Bertz CT molecular complexity index is 1260. The van der Waals surface area contributed by atoms with Gasteiger partial charge in [0, 0.05) is 40.8 Å². The zero-order valence-corrected chi connectivity index (χ0v) is 20.2. The molecule has 0 radical (unpaired) electrons. The van der Waals surface area contributed by atoms with Gasteiger partial charge in [-0.15, -0.1) is 4.73 Å². The Morgan fingerprint density at radius 3 is 2.55 bits per heavy atom. The van der Waals surface area contributed by atoms with Crippen LogP contribution in [0.25, 0.3) is 0 Å². The molecule has 0 unspecified atom stereocenters. The van der Waals surface area contributed by atoms with E-state index in [4.69, 9.17) is 33.0 Å². The van der Waals surface area contributed by atoms with Crippen molar-refractivity contribution in [1.82, 2.24) is 14.6 Å². The first-order valence-electron chi connectivity index (χ1n) is 10.6.